The first-order valence-corrected chi connectivity index (χ1v) is 7.63. The lowest BCUT2D eigenvalue weighted by Crippen LogP contribution is -2.30. The molecule has 2 aromatic rings. The van der Waals surface area contributed by atoms with Gasteiger partial charge in [-0.2, -0.15) is 5.10 Å². The number of nitrogens with zero attached hydrogens (tertiary/aromatic N) is 1. The number of amides is 2. The molecular weight excluding hydrogens is 330 g/mol. The second kappa shape index (κ2) is 7.94. The fourth-order valence-electron chi connectivity index (χ4n) is 2.31. The molecule has 1 aromatic carbocycles. The van der Waals surface area contributed by atoms with Crippen LogP contribution in [-0.4, -0.2) is 35.1 Å². The zero-order chi connectivity index (χ0) is 16.2. The Bertz CT molecular complexity index is 727. The van der Waals surface area contributed by atoms with Gasteiger partial charge in [0.25, 0.3) is 11.8 Å². The first-order chi connectivity index (χ1) is 11.2. The van der Waals surface area contributed by atoms with Gasteiger partial charge in [0, 0.05) is 24.7 Å². The van der Waals surface area contributed by atoms with Crippen molar-refractivity contribution in [2.45, 2.75) is 18.8 Å². The van der Waals surface area contributed by atoms with Crippen LogP contribution in [0, 0.1) is 0 Å². The second-order valence-corrected chi connectivity index (χ2v) is 5.53. The molecule has 3 rings (SSSR count). The van der Waals surface area contributed by atoms with Gasteiger partial charge in [-0.1, -0.05) is 12.1 Å². The van der Waals surface area contributed by atoms with E-state index in [4.69, 9.17) is 5.73 Å². The monoisotopic (exact) mass is 349 g/mol. The molecule has 7 nitrogen and oxygen atoms in total. The number of carbonyl (C=O) groups excluding carboxylic acids is 2. The van der Waals surface area contributed by atoms with E-state index in [1.165, 1.54) is 0 Å². The van der Waals surface area contributed by atoms with Crippen LogP contribution >= 0.6 is 12.4 Å². The van der Waals surface area contributed by atoms with Gasteiger partial charge in [-0.15, -0.1) is 12.4 Å². The average molecular weight is 350 g/mol. The van der Waals surface area contributed by atoms with Crippen LogP contribution in [0.3, 0.4) is 0 Å². The van der Waals surface area contributed by atoms with E-state index in [0.29, 0.717) is 36.0 Å². The Balaban J connectivity index is 0.00000208. The highest BCUT2D eigenvalue weighted by Gasteiger charge is 2.26. The number of H-pyrrole nitrogens is 1. The first kappa shape index (κ1) is 18.0. The Morgan fingerprint density at radius 2 is 2.00 bits per heavy atom. The smallest absolute Gasteiger partial charge is 0.276 e. The van der Waals surface area contributed by atoms with Gasteiger partial charge in [-0.05, 0) is 31.0 Å². The number of hydrogen-bond donors (Lipinski definition) is 4. The zero-order valence-corrected chi connectivity index (χ0v) is 13.9. The van der Waals surface area contributed by atoms with Crippen LogP contribution in [0.1, 0.15) is 45.3 Å². The fraction of sp³-hybridized carbons (Fsp3) is 0.312. The highest BCUT2D eigenvalue weighted by Crippen LogP contribution is 2.39. The SMILES string of the molecule is Cl.NCCNC(=O)c1ccccc1NC(=O)c1cc(C2CC2)[nH]n1. The zero-order valence-electron chi connectivity index (χ0n) is 13.0. The summed E-state index contributed by atoms with van der Waals surface area (Å²) >= 11 is 0. The molecule has 24 heavy (non-hydrogen) atoms. The minimum Gasteiger partial charge on any atom is -0.351 e. The number of rotatable bonds is 6. The molecule has 0 radical (unpaired) electrons. The van der Waals surface area contributed by atoms with E-state index in [0.717, 1.165) is 18.5 Å². The molecule has 128 valence electrons. The largest absolute Gasteiger partial charge is 0.351 e. The van der Waals surface area contributed by atoms with Gasteiger partial charge >= 0.3 is 0 Å². The highest BCUT2D eigenvalue weighted by molar-refractivity contribution is 6.08. The summed E-state index contributed by atoms with van der Waals surface area (Å²) in [4.78, 5) is 24.4. The standard InChI is InChI=1S/C16H19N5O2.ClH/c17-7-8-18-15(22)11-3-1-2-4-12(11)19-16(23)14-9-13(20-21-14)10-5-6-10;/h1-4,9-10H,5-8,17H2,(H,18,22)(H,19,23)(H,20,21);1H. The van der Waals surface area contributed by atoms with Gasteiger partial charge in [0.1, 0.15) is 0 Å². The molecule has 1 aliphatic rings. The minimum absolute atomic E-state index is 0. The summed E-state index contributed by atoms with van der Waals surface area (Å²) in [5.41, 5.74) is 7.54. The van der Waals surface area contributed by atoms with Crippen molar-refractivity contribution < 1.29 is 9.59 Å². The Labute approximate surface area is 145 Å². The van der Waals surface area contributed by atoms with E-state index in [1.807, 2.05) is 0 Å². The van der Waals surface area contributed by atoms with Crippen LogP contribution in [0.5, 0.6) is 0 Å². The third kappa shape index (κ3) is 4.12. The van der Waals surface area contributed by atoms with Gasteiger partial charge in [0.2, 0.25) is 0 Å². The van der Waals surface area contributed by atoms with Crippen molar-refractivity contribution in [1.29, 1.82) is 0 Å². The van der Waals surface area contributed by atoms with Gasteiger partial charge in [-0.25, -0.2) is 0 Å². The molecule has 0 unspecified atom stereocenters. The van der Waals surface area contributed by atoms with Crippen molar-refractivity contribution in [2.75, 3.05) is 18.4 Å². The molecule has 1 fully saturated rings. The number of nitrogens with one attached hydrogen (secondary N) is 3. The molecule has 0 bridgehead atoms. The van der Waals surface area contributed by atoms with Crippen molar-refractivity contribution in [2.24, 2.45) is 5.73 Å². The number of hydrogen-bond acceptors (Lipinski definition) is 4. The van der Waals surface area contributed by atoms with Gasteiger partial charge < -0.3 is 16.4 Å². The van der Waals surface area contributed by atoms with Crippen LogP contribution in [-0.2, 0) is 0 Å². The molecule has 0 spiro atoms. The molecule has 1 heterocycles. The maximum Gasteiger partial charge on any atom is 0.276 e. The number of anilines is 1. The summed E-state index contributed by atoms with van der Waals surface area (Å²) in [6.45, 7) is 0.739. The molecular formula is C16H20ClN5O2. The third-order valence-electron chi connectivity index (χ3n) is 3.70. The van der Waals surface area contributed by atoms with Crippen molar-refractivity contribution in [3.8, 4) is 0 Å². The van der Waals surface area contributed by atoms with Crippen LogP contribution in [0.15, 0.2) is 30.3 Å². The third-order valence-corrected chi connectivity index (χ3v) is 3.70. The van der Waals surface area contributed by atoms with Crippen molar-refractivity contribution in [3.05, 3.63) is 47.3 Å². The molecule has 0 saturated heterocycles. The number of benzene rings is 1. The summed E-state index contributed by atoms with van der Waals surface area (Å²) in [7, 11) is 0. The Hall–Kier alpha value is -2.38. The predicted molar refractivity (Wildman–Crippen MR) is 93.6 cm³/mol. The lowest BCUT2D eigenvalue weighted by atomic mass is 10.1. The second-order valence-electron chi connectivity index (χ2n) is 5.53. The summed E-state index contributed by atoms with van der Waals surface area (Å²) in [5.74, 6) is -0.113. The van der Waals surface area contributed by atoms with E-state index in [2.05, 4.69) is 20.8 Å². The summed E-state index contributed by atoms with van der Waals surface area (Å²) in [5, 5.41) is 12.4. The average Bonchev–Trinajstić information content (AvgIpc) is 3.30. The lowest BCUT2D eigenvalue weighted by Gasteiger charge is -2.10. The van der Waals surface area contributed by atoms with Crippen molar-refractivity contribution >= 4 is 29.9 Å². The van der Waals surface area contributed by atoms with Crippen molar-refractivity contribution in [1.82, 2.24) is 15.5 Å². The van der Waals surface area contributed by atoms with Crippen LogP contribution < -0.4 is 16.4 Å². The van der Waals surface area contributed by atoms with E-state index in [-0.39, 0.29) is 24.2 Å². The van der Waals surface area contributed by atoms with Gasteiger partial charge in [-0.3, -0.25) is 14.7 Å². The fourth-order valence-corrected chi connectivity index (χ4v) is 2.31. The number of aromatic amines is 1. The molecule has 0 atom stereocenters. The number of nitrogens with two attached hydrogens (primary N) is 1. The minimum atomic E-state index is -0.341. The Morgan fingerprint density at radius 1 is 1.25 bits per heavy atom. The number of aromatic nitrogens is 2. The molecule has 1 aliphatic carbocycles. The molecule has 0 aliphatic heterocycles. The maximum absolute atomic E-state index is 12.3. The van der Waals surface area contributed by atoms with Crippen molar-refractivity contribution in [3.63, 3.8) is 0 Å². The van der Waals surface area contributed by atoms with E-state index in [1.54, 1.807) is 30.3 Å². The normalized spacial score (nSPS) is 13.0. The Morgan fingerprint density at radius 3 is 2.71 bits per heavy atom. The summed E-state index contributed by atoms with van der Waals surface area (Å²) < 4.78 is 0. The molecule has 2 amide bonds. The summed E-state index contributed by atoms with van der Waals surface area (Å²) in [6.07, 6.45) is 2.26. The van der Waals surface area contributed by atoms with E-state index < -0.39 is 0 Å². The Kier molecular flexibility index (Phi) is 5.94. The molecule has 8 heteroatoms. The number of para-hydroxylation sites is 1. The van der Waals surface area contributed by atoms with Gasteiger partial charge in [0.05, 0.1) is 11.3 Å². The van der Waals surface area contributed by atoms with E-state index in [9.17, 15) is 9.59 Å². The lowest BCUT2D eigenvalue weighted by molar-refractivity contribution is 0.0955. The first-order valence-electron chi connectivity index (χ1n) is 7.63. The van der Waals surface area contributed by atoms with Crippen LogP contribution in [0.25, 0.3) is 0 Å². The molecule has 5 N–H and O–H groups in total. The van der Waals surface area contributed by atoms with Crippen LogP contribution in [0.4, 0.5) is 5.69 Å². The highest BCUT2D eigenvalue weighted by atomic mass is 35.5. The number of halogens is 1. The predicted octanol–water partition coefficient (Wildman–Crippen LogP) is 1.65. The van der Waals surface area contributed by atoms with Crippen LogP contribution in [0.2, 0.25) is 0 Å². The van der Waals surface area contributed by atoms with Gasteiger partial charge in [0.15, 0.2) is 5.69 Å². The topological polar surface area (TPSA) is 113 Å². The molecule has 1 saturated carbocycles. The van der Waals surface area contributed by atoms with E-state index >= 15 is 0 Å². The molecule has 1 aromatic heterocycles. The summed E-state index contributed by atoms with van der Waals surface area (Å²) in [6, 6.07) is 8.61. The quantitative estimate of drug-likeness (QED) is 0.635. The number of carbonyl (C=O) groups is 2. The maximum atomic E-state index is 12.3.